The summed E-state index contributed by atoms with van der Waals surface area (Å²) in [6, 6.07) is 0. The van der Waals surface area contributed by atoms with Crippen LogP contribution in [0.25, 0.3) is 0 Å². The Morgan fingerprint density at radius 3 is 2.35 bits per heavy atom. The Bertz CT molecular complexity index is 214. The van der Waals surface area contributed by atoms with Gasteiger partial charge in [-0.05, 0) is 50.1 Å². The van der Waals surface area contributed by atoms with Crippen LogP contribution < -0.4 is 5.32 Å². The standard InChI is InChI=1S/C19H39N/c1-4-6-7-8-9-10-11-18-15-17(3)12-13-19(18)16-20-14-5-2/h17-20H,4-16H2,1-3H3. The van der Waals surface area contributed by atoms with Gasteiger partial charge in [0.05, 0.1) is 0 Å². The summed E-state index contributed by atoms with van der Waals surface area (Å²) in [5, 5.41) is 3.67. The molecule has 0 aromatic rings. The lowest BCUT2D eigenvalue weighted by molar-refractivity contribution is 0.171. The van der Waals surface area contributed by atoms with Crippen molar-refractivity contribution >= 4 is 0 Å². The Hall–Kier alpha value is -0.0400. The van der Waals surface area contributed by atoms with Crippen molar-refractivity contribution in [1.29, 1.82) is 0 Å². The molecule has 1 nitrogen and oxygen atoms in total. The molecule has 1 N–H and O–H groups in total. The van der Waals surface area contributed by atoms with Crippen LogP contribution in [0, 0.1) is 17.8 Å². The summed E-state index contributed by atoms with van der Waals surface area (Å²) in [4.78, 5) is 0. The van der Waals surface area contributed by atoms with Crippen molar-refractivity contribution in [3.05, 3.63) is 0 Å². The third kappa shape index (κ3) is 7.67. The summed E-state index contributed by atoms with van der Waals surface area (Å²) in [6.07, 6.45) is 15.9. The molecule has 1 rings (SSSR count). The molecule has 0 aromatic carbocycles. The highest BCUT2D eigenvalue weighted by atomic mass is 14.9. The molecule has 0 amide bonds. The molecule has 0 spiro atoms. The summed E-state index contributed by atoms with van der Waals surface area (Å²) < 4.78 is 0. The summed E-state index contributed by atoms with van der Waals surface area (Å²) in [5.74, 6) is 2.95. The van der Waals surface area contributed by atoms with E-state index in [0.29, 0.717) is 0 Å². The zero-order valence-corrected chi connectivity index (χ0v) is 14.4. The SMILES string of the molecule is CCCCCCCCC1CC(C)CCC1CNCCC. The molecule has 1 aliphatic rings. The van der Waals surface area contributed by atoms with E-state index in [0.717, 1.165) is 17.8 Å². The topological polar surface area (TPSA) is 12.0 Å². The number of hydrogen-bond donors (Lipinski definition) is 1. The molecule has 1 aliphatic carbocycles. The van der Waals surface area contributed by atoms with Gasteiger partial charge in [-0.1, -0.05) is 72.1 Å². The second-order valence-corrected chi connectivity index (χ2v) is 7.20. The molecule has 0 heterocycles. The van der Waals surface area contributed by atoms with Crippen LogP contribution in [0.4, 0.5) is 0 Å². The van der Waals surface area contributed by atoms with Gasteiger partial charge in [0.25, 0.3) is 0 Å². The summed E-state index contributed by atoms with van der Waals surface area (Å²) in [7, 11) is 0. The lowest BCUT2D eigenvalue weighted by Gasteiger charge is -2.35. The van der Waals surface area contributed by atoms with Crippen molar-refractivity contribution in [3.63, 3.8) is 0 Å². The van der Waals surface area contributed by atoms with Crippen LogP contribution in [0.1, 0.15) is 91.4 Å². The van der Waals surface area contributed by atoms with E-state index >= 15 is 0 Å². The molecule has 1 fully saturated rings. The lowest BCUT2D eigenvalue weighted by Crippen LogP contribution is -2.33. The van der Waals surface area contributed by atoms with E-state index in [2.05, 4.69) is 26.1 Å². The van der Waals surface area contributed by atoms with Crippen LogP contribution in [0.5, 0.6) is 0 Å². The Morgan fingerprint density at radius 2 is 1.60 bits per heavy atom. The molecule has 0 radical (unpaired) electrons. The Kier molecular flexibility index (Phi) is 10.4. The molecule has 1 heteroatoms. The van der Waals surface area contributed by atoms with Crippen LogP contribution in [-0.4, -0.2) is 13.1 Å². The van der Waals surface area contributed by atoms with Crippen molar-refractivity contribution in [2.24, 2.45) is 17.8 Å². The molecular formula is C19H39N. The van der Waals surface area contributed by atoms with Crippen molar-refractivity contribution in [3.8, 4) is 0 Å². The summed E-state index contributed by atoms with van der Waals surface area (Å²) in [6.45, 7) is 9.52. The highest BCUT2D eigenvalue weighted by molar-refractivity contribution is 4.80. The minimum Gasteiger partial charge on any atom is -0.316 e. The van der Waals surface area contributed by atoms with Crippen LogP contribution >= 0.6 is 0 Å². The average Bonchev–Trinajstić information content (AvgIpc) is 2.45. The first kappa shape index (κ1) is 18.0. The highest BCUT2D eigenvalue weighted by Gasteiger charge is 2.27. The molecule has 0 bridgehead atoms. The maximum Gasteiger partial charge on any atom is -0.00179 e. The van der Waals surface area contributed by atoms with E-state index in [1.165, 1.54) is 83.7 Å². The Labute approximate surface area is 128 Å². The van der Waals surface area contributed by atoms with Gasteiger partial charge in [0, 0.05) is 0 Å². The molecular weight excluding hydrogens is 242 g/mol. The predicted molar refractivity (Wildman–Crippen MR) is 91.1 cm³/mol. The third-order valence-electron chi connectivity index (χ3n) is 5.16. The molecule has 0 aromatic heterocycles. The zero-order valence-electron chi connectivity index (χ0n) is 14.4. The maximum atomic E-state index is 3.67. The van der Waals surface area contributed by atoms with Crippen LogP contribution in [0.2, 0.25) is 0 Å². The fourth-order valence-electron chi connectivity index (χ4n) is 3.83. The quantitative estimate of drug-likeness (QED) is 0.473. The largest absolute Gasteiger partial charge is 0.316 e. The monoisotopic (exact) mass is 281 g/mol. The van der Waals surface area contributed by atoms with E-state index in [-0.39, 0.29) is 0 Å². The average molecular weight is 282 g/mol. The highest BCUT2D eigenvalue weighted by Crippen LogP contribution is 2.36. The van der Waals surface area contributed by atoms with Crippen LogP contribution in [0.15, 0.2) is 0 Å². The van der Waals surface area contributed by atoms with E-state index in [9.17, 15) is 0 Å². The Morgan fingerprint density at radius 1 is 0.850 bits per heavy atom. The second-order valence-electron chi connectivity index (χ2n) is 7.20. The van der Waals surface area contributed by atoms with E-state index < -0.39 is 0 Å². The number of rotatable bonds is 11. The van der Waals surface area contributed by atoms with E-state index in [4.69, 9.17) is 0 Å². The minimum atomic E-state index is 0.966. The fourth-order valence-corrected chi connectivity index (χ4v) is 3.83. The first-order valence-corrected chi connectivity index (χ1v) is 9.48. The van der Waals surface area contributed by atoms with Crippen molar-refractivity contribution < 1.29 is 0 Å². The Balaban J connectivity index is 2.18. The smallest absolute Gasteiger partial charge is 0.00179 e. The summed E-state index contributed by atoms with van der Waals surface area (Å²) >= 11 is 0. The van der Waals surface area contributed by atoms with Crippen molar-refractivity contribution in [1.82, 2.24) is 5.32 Å². The molecule has 3 unspecified atom stereocenters. The van der Waals surface area contributed by atoms with Gasteiger partial charge in [0.1, 0.15) is 0 Å². The minimum absolute atomic E-state index is 0.966. The van der Waals surface area contributed by atoms with Crippen molar-refractivity contribution in [2.45, 2.75) is 91.4 Å². The molecule has 0 aliphatic heterocycles. The number of unbranched alkanes of at least 4 members (excludes halogenated alkanes) is 5. The fraction of sp³-hybridized carbons (Fsp3) is 1.00. The second kappa shape index (κ2) is 11.6. The number of nitrogens with one attached hydrogen (secondary N) is 1. The van der Waals surface area contributed by atoms with E-state index in [1.807, 2.05) is 0 Å². The van der Waals surface area contributed by atoms with Gasteiger partial charge in [-0.15, -0.1) is 0 Å². The van der Waals surface area contributed by atoms with Gasteiger partial charge in [-0.3, -0.25) is 0 Å². The zero-order chi connectivity index (χ0) is 14.6. The molecule has 3 atom stereocenters. The van der Waals surface area contributed by atoms with E-state index in [1.54, 1.807) is 0 Å². The maximum absolute atomic E-state index is 3.67. The van der Waals surface area contributed by atoms with Gasteiger partial charge in [-0.25, -0.2) is 0 Å². The molecule has 20 heavy (non-hydrogen) atoms. The van der Waals surface area contributed by atoms with Crippen LogP contribution in [-0.2, 0) is 0 Å². The van der Waals surface area contributed by atoms with Crippen LogP contribution in [0.3, 0.4) is 0 Å². The molecule has 0 saturated heterocycles. The summed E-state index contributed by atoms with van der Waals surface area (Å²) in [5.41, 5.74) is 0. The number of hydrogen-bond acceptors (Lipinski definition) is 1. The molecule has 1 saturated carbocycles. The third-order valence-corrected chi connectivity index (χ3v) is 5.16. The van der Waals surface area contributed by atoms with Crippen molar-refractivity contribution in [2.75, 3.05) is 13.1 Å². The predicted octanol–water partition coefficient (Wildman–Crippen LogP) is 5.79. The van der Waals surface area contributed by atoms with Gasteiger partial charge < -0.3 is 5.32 Å². The first-order chi connectivity index (χ1) is 9.77. The van der Waals surface area contributed by atoms with Gasteiger partial charge >= 0.3 is 0 Å². The molecule has 120 valence electrons. The normalized spacial score (nSPS) is 26.9. The first-order valence-electron chi connectivity index (χ1n) is 9.48. The van der Waals surface area contributed by atoms with Gasteiger partial charge in [0.2, 0.25) is 0 Å². The van der Waals surface area contributed by atoms with Gasteiger partial charge in [-0.2, -0.15) is 0 Å². The lowest BCUT2D eigenvalue weighted by atomic mass is 9.72. The van der Waals surface area contributed by atoms with Gasteiger partial charge in [0.15, 0.2) is 0 Å².